The molecule has 0 saturated carbocycles. The van der Waals surface area contributed by atoms with Crippen molar-refractivity contribution < 1.29 is 14.6 Å². The minimum atomic E-state index is -1.67. The van der Waals surface area contributed by atoms with Gasteiger partial charge in [-0.3, -0.25) is 0 Å². The number of hydrogen-bond acceptors (Lipinski definition) is 3. The molecule has 0 saturated heterocycles. The van der Waals surface area contributed by atoms with Gasteiger partial charge in [-0.25, -0.2) is 4.79 Å². The van der Waals surface area contributed by atoms with Crippen molar-refractivity contribution in [1.82, 2.24) is 0 Å². The van der Waals surface area contributed by atoms with Crippen molar-refractivity contribution in [3.8, 4) is 0 Å². The van der Waals surface area contributed by atoms with E-state index in [9.17, 15) is 9.90 Å². The third kappa shape index (κ3) is 3.67. The Morgan fingerprint density at radius 3 is 2.21 bits per heavy atom. The number of rotatable bonds is 4. The zero-order valence-corrected chi connectivity index (χ0v) is 12.9. The molecule has 0 heterocycles. The lowest BCUT2D eigenvalue weighted by atomic mass is 10.1. The Kier molecular flexibility index (Phi) is 4.89. The normalized spacial score (nSPS) is 12.5. The summed E-state index contributed by atoms with van der Waals surface area (Å²) in [5, 5.41) is 11.2. The van der Waals surface area contributed by atoms with Crippen LogP contribution in [0.3, 0.4) is 0 Å². The van der Waals surface area contributed by atoms with E-state index < -0.39 is 14.2 Å². The summed E-state index contributed by atoms with van der Waals surface area (Å²) < 4.78 is 4.64. The number of esters is 1. The fourth-order valence-corrected chi connectivity index (χ4v) is 3.38. The number of carbonyl (C=O) groups excluding carboxylic acids is 1. The summed E-state index contributed by atoms with van der Waals surface area (Å²) in [6.07, 6.45) is -0.712. The van der Waals surface area contributed by atoms with Crippen molar-refractivity contribution in [2.45, 2.75) is 25.7 Å². The molecule has 0 amide bonds. The Balaban J connectivity index is 3.05. The number of ether oxygens (including phenoxy) is 1. The second-order valence-corrected chi connectivity index (χ2v) is 10.4. The Morgan fingerprint density at radius 2 is 1.84 bits per heavy atom. The van der Waals surface area contributed by atoms with E-state index in [1.807, 2.05) is 0 Å². The highest BCUT2D eigenvalue weighted by Gasteiger charge is 2.26. The van der Waals surface area contributed by atoms with Crippen LogP contribution in [0.15, 0.2) is 41.8 Å². The fraction of sp³-hybridized carbons (Fsp3) is 0.333. The van der Waals surface area contributed by atoms with Crippen LogP contribution < -0.4 is 0 Å². The first-order chi connectivity index (χ1) is 8.81. The molecule has 3 nitrogen and oxygen atoms in total. The van der Waals surface area contributed by atoms with Crippen molar-refractivity contribution >= 4 is 14.0 Å². The summed E-state index contributed by atoms with van der Waals surface area (Å²) in [7, 11) is -0.331. The van der Waals surface area contributed by atoms with Gasteiger partial charge in [0, 0.05) is 0 Å². The van der Waals surface area contributed by atoms with E-state index in [-0.39, 0.29) is 5.97 Å². The van der Waals surface area contributed by atoms with Crippen molar-refractivity contribution in [3.63, 3.8) is 0 Å². The molecule has 1 aromatic rings. The molecular weight excluding hydrogens is 256 g/mol. The molecule has 0 aliphatic rings. The average molecular weight is 276 g/mol. The summed E-state index contributed by atoms with van der Waals surface area (Å²) in [5.74, 6) is -0.384. The van der Waals surface area contributed by atoms with Crippen molar-refractivity contribution in [1.29, 1.82) is 0 Å². The van der Waals surface area contributed by atoms with Gasteiger partial charge >= 0.3 is 5.97 Å². The van der Waals surface area contributed by atoms with Crippen LogP contribution in [0, 0.1) is 0 Å². The summed E-state index contributed by atoms with van der Waals surface area (Å²) in [5.41, 5.74) is 4.08. The predicted molar refractivity (Wildman–Crippen MR) is 78.7 cm³/mol. The van der Waals surface area contributed by atoms with Gasteiger partial charge in [-0.05, 0) is 22.9 Å². The van der Waals surface area contributed by atoms with Crippen LogP contribution in [0.1, 0.15) is 22.0 Å². The van der Waals surface area contributed by atoms with Gasteiger partial charge in [-0.15, -0.1) is 5.73 Å². The van der Waals surface area contributed by atoms with Crippen molar-refractivity contribution in [3.05, 3.63) is 52.9 Å². The van der Waals surface area contributed by atoms with E-state index in [0.717, 1.165) is 10.8 Å². The largest absolute Gasteiger partial charge is 0.465 e. The van der Waals surface area contributed by atoms with Gasteiger partial charge in [0.15, 0.2) is 0 Å². The summed E-state index contributed by atoms with van der Waals surface area (Å²) in [4.78, 5) is 11.3. The van der Waals surface area contributed by atoms with Crippen LogP contribution in [0.4, 0.5) is 0 Å². The molecule has 1 N–H and O–H groups in total. The van der Waals surface area contributed by atoms with E-state index in [2.05, 4.69) is 36.7 Å². The molecule has 0 aliphatic heterocycles. The second kappa shape index (κ2) is 6.02. The first-order valence-electron chi connectivity index (χ1n) is 6.08. The molecule has 1 unspecified atom stereocenters. The molecule has 0 bridgehead atoms. The molecule has 4 heteroatoms. The van der Waals surface area contributed by atoms with Crippen LogP contribution in [-0.2, 0) is 4.74 Å². The van der Waals surface area contributed by atoms with E-state index in [1.165, 1.54) is 7.11 Å². The monoisotopic (exact) mass is 276 g/mol. The average Bonchev–Trinajstić information content (AvgIpc) is 2.37. The van der Waals surface area contributed by atoms with Crippen molar-refractivity contribution in [2.24, 2.45) is 0 Å². The lowest BCUT2D eigenvalue weighted by molar-refractivity contribution is 0.0600. The molecule has 0 aromatic heterocycles. The molecule has 0 spiro atoms. The number of aliphatic hydroxyl groups excluding tert-OH is 1. The SMILES string of the molecule is C=C=C(C(O)c1ccc(C(=O)OC)cc1)[Si](C)(C)C. The molecule has 1 atom stereocenters. The molecule has 1 rings (SSSR count). The lowest BCUT2D eigenvalue weighted by Crippen LogP contribution is -2.27. The van der Waals surface area contributed by atoms with Gasteiger partial charge in [-0.2, -0.15) is 0 Å². The highest BCUT2D eigenvalue weighted by Crippen LogP contribution is 2.28. The molecule has 19 heavy (non-hydrogen) atoms. The Hall–Kier alpha value is -1.61. The lowest BCUT2D eigenvalue weighted by Gasteiger charge is -2.24. The number of hydrogen-bond donors (Lipinski definition) is 1. The van der Waals surface area contributed by atoms with Gasteiger partial charge in [0.25, 0.3) is 0 Å². The Morgan fingerprint density at radius 1 is 1.32 bits per heavy atom. The van der Waals surface area contributed by atoms with Crippen LogP contribution >= 0.6 is 0 Å². The van der Waals surface area contributed by atoms with Gasteiger partial charge in [-0.1, -0.05) is 38.4 Å². The Bertz CT molecular complexity index is 505. The number of methoxy groups -OCH3 is 1. The maximum Gasteiger partial charge on any atom is 0.337 e. The quantitative estimate of drug-likeness (QED) is 0.522. The minimum Gasteiger partial charge on any atom is -0.465 e. The topological polar surface area (TPSA) is 46.5 Å². The van der Waals surface area contributed by atoms with Crippen LogP contribution in [0.2, 0.25) is 19.6 Å². The highest BCUT2D eigenvalue weighted by atomic mass is 28.3. The highest BCUT2D eigenvalue weighted by molar-refractivity contribution is 6.83. The van der Waals surface area contributed by atoms with E-state index in [0.29, 0.717) is 5.56 Å². The van der Waals surface area contributed by atoms with Gasteiger partial charge in [0.05, 0.1) is 20.7 Å². The van der Waals surface area contributed by atoms with E-state index in [1.54, 1.807) is 24.3 Å². The zero-order valence-electron chi connectivity index (χ0n) is 11.9. The zero-order chi connectivity index (χ0) is 14.6. The maximum atomic E-state index is 11.3. The molecule has 0 fully saturated rings. The standard InChI is InChI=1S/C15H20O3Si/c1-6-13(19(3,4)5)14(16)11-7-9-12(10-8-11)15(17)18-2/h7-10,14,16H,1H2,2-5H3. The summed E-state index contributed by atoms with van der Waals surface area (Å²) >= 11 is 0. The molecule has 0 aliphatic carbocycles. The third-order valence-corrected chi connectivity index (χ3v) is 4.99. The van der Waals surface area contributed by atoms with Gasteiger partial charge in [0.2, 0.25) is 0 Å². The number of aliphatic hydroxyl groups is 1. The first kappa shape index (κ1) is 15.4. The smallest absolute Gasteiger partial charge is 0.337 e. The van der Waals surface area contributed by atoms with Crippen LogP contribution in [0.25, 0.3) is 0 Å². The van der Waals surface area contributed by atoms with Crippen molar-refractivity contribution in [2.75, 3.05) is 7.11 Å². The maximum absolute atomic E-state index is 11.3. The van der Waals surface area contributed by atoms with Gasteiger partial charge < -0.3 is 9.84 Å². The molecular formula is C15H20O3Si. The van der Waals surface area contributed by atoms with E-state index in [4.69, 9.17) is 0 Å². The Labute approximate surface area is 115 Å². The second-order valence-electron chi connectivity index (χ2n) is 5.36. The number of carbonyl (C=O) groups is 1. The van der Waals surface area contributed by atoms with Crippen LogP contribution in [-0.4, -0.2) is 26.3 Å². The number of benzene rings is 1. The van der Waals surface area contributed by atoms with E-state index >= 15 is 0 Å². The summed E-state index contributed by atoms with van der Waals surface area (Å²) in [6, 6.07) is 6.76. The molecule has 1 aromatic carbocycles. The molecule has 0 radical (unpaired) electrons. The molecule has 102 valence electrons. The minimum absolute atomic E-state index is 0.384. The first-order valence-corrected chi connectivity index (χ1v) is 9.58. The summed E-state index contributed by atoms with van der Waals surface area (Å²) in [6.45, 7) is 10.1. The van der Waals surface area contributed by atoms with Gasteiger partial charge in [0.1, 0.15) is 6.10 Å². The van der Waals surface area contributed by atoms with Crippen LogP contribution in [0.5, 0.6) is 0 Å². The fourth-order valence-electron chi connectivity index (χ4n) is 1.86. The third-order valence-electron chi connectivity index (χ3n) is 2.92. The predicted octanol–water partition coefficient (Wildman–Crippen LogP) is 3.10.